The maximum Gasteiger partial charge on any atom is 0.149 e. The van der Waals surface area contributed by atoms with Gasteiger partial charge in [-0.15, -0.1) is 0 Å². The van der Waals surface area contributed by atoms with E-state index in [1.807, 2.05) is 6.07 Å². The first kappa shape index (κ1) is 11.1. The minimum absolute atomic E-state index is 0.00815. The molecule has 1 heterocycles. The highest BCUT2D eigenvalue weighted by Crippen LogP contribution is 2.45. The first-order valence-electron chi connectivity index (χ1n) is 6.04. The number of rotatable bonds is 1. The molecule has 0 unspecified atom stereocenters. The summed E-state index contributed by atoms with van der Waals surface area (Å²) in [5, 5.41) is 7.22. The van der Waals surface area contributed by atoms with Crippen molar-refractivity contribution in [3.05, 3.63) is 29.3 Å². The number of nitrogens with one attached hydrogen (secondary N) is 1. The molecular formula is C14H17N3O. The zero-order valence-electron chi connectivity index (χ0n) is 10.9. The summed E-state index contributed by atoms with van der Waals surface area (Å²) in [7, 11) is 1.69. The molecule has 0 fully saturated rings. The first-order valence-corrected chi connectivity index (χ1v) is 6.04. The van der Waals surface area contributed by atoms with E-state index in [2.05, 4.69) is 36.2 Å². The molecule has 1 aromatic carbocycles. The molecule has 4 nitrogen and oxygen atoms in total. The summed E-state index contributed by atoms with van der Waals surface area (Å²) in [5.41, 5.74) is 10.6. The largest absolute Gasteiger partial charge is 0.497 e. The number of methoxy groups -OCH3 is 1. The van der Waals surface area contributed by atoms with Crippen molar-refractivity contribution in [2.75, 3.05) is 12.8 Å². The highest BCUT2D eigenvalue weighted by molar-refractivity contribution is 5.76. The molecule has 18 heavy (non-hydrogen) atoms. The van der Waals surface area contributed by atoms with E-state index in [9.17, 15) is 0 Å². The van der Waals surface area contributed by atoms with Crippen molar-refractivity contribution in [3.63, 3.8) is 0 Å². The van der Waals surface area contributed by atoms with Crippen LogP contribution in [-0.4, -0.2) is 17.3 Å². The van der Waals surface area contributed by atoms with E-state index in [-0.39, 0.29) is 5.41 Å². The maximum absolute atomic E-state index is 5.98. The van der Waals surface area contributed by atoms with Gasteiger partial charge in [0.2, 0.25) is 0 Å². The lowest BCUT2D eigenvalue weighted by Gasteiger charge is -2.31. The third-order valence-electron chi connectivity index (χ3n) is 3.69. The van der Waals surface area contributed by atoms with Crippen molar-refractivity contribution in [1.82, 2.24) is 10.2 Å². The Hall–Kier alpha value is -1.97. The number of aromatic amines is 1. The Morgan fingerprint density at radius 3 is 2.89 bits per heavy atom. The number of benzene rings is 1. The number of nitrogen functional groups attached to an aromatic ring is 1. The predicted molar refractivity (Wildman–Crippen MR) is 71.7 cm³/mol. The SMILES string of the molecule is COc1ccc2c(c1)CC(C)(C)c1c(N)n[nH]c1-2. The number of fused-ring (bicyclic) bond motifs is 3. The molecule has 0 aliphatic heterocycles. The first-order chi connectivity index (χ1) is 8.53. The quantitative estimate of drug-likeness (QED) is 0.808. The monoisotopic (exact) mass is 243 g/mol. The van der Waals surface area contributed by atoms with Crippen molar-refractivity contribution in [1.29, 1.82) is 0 Å². The van der Waals surface area contributed by atoms with Crippen molar-refractivity contribution in [2.24, 2.45) is 0 Å². The summed E-state index contributed by atoms with van der Waals surface area (Å²) >= 11 is 0. The van der Waals surface area contributed by atoms with Gasteiger partial charge in [-0.1, -0.05) is 13.8 Å². The van der Waals surface area contributed by atoms with Gasteiger partial charge < -0.3 is 10.5 Å². The van der Waals surface area contributed by atoms with E-state index in [4.69, 9.17) is 10.5 Å². The van der Waals surface area contributed by atoms with Gasteiger partial charge in [-0.3, -0.25) is 5.10 Å². The third-order valence-corrected chi connectivity index (χ3v) is 3.69. The van der Waals surface area contributed by atoms with Crippen LogP contribution in [0.25, 0.3) is 11.3 Å². The lowest BCUT2D eigenvalue weighted by atomic mass is 9.72. The van der Waals surface area contributed by atoms with E-state index in [1.54, 1.807) is 7.11 Å². The van der Waals surface area contributed by atoms with Gasteiger partial charge in [-0.05, 0) is 35.6 Å². The van der Waals surface area contributed by atoms with Gasteiger partial charge in [-0.25, -0.2) is 0 Å². The average Bonchev–Trinajstić information content (AvgIpc) is 2.71. The van der Waals surface area contributed by atoms with Gasteiger partial charge >= 0.3 is 0 Å². The summed E-state index contributed by atoms with van der Waals surface area (Å²) in [6, 6.07) is 6.13. The smallest absolute Gasteiger partial charge is 0.149 e. The summed E-state index contributed by atoms with van der Waals surface area (Å²) in [4.78, 5) is 0. The van der Waals surface area contributed by atoms with E-state index in [1.165, 1.54) is 11.1 Å². The zero-order chi connectivity index (χ0) is 12.9. The Kier molecular flexibility index (Phi) is 2.17. The molecule has 4 heteroatoms. The Labute approximate surface area is 106 Å². The zero-order valence-corrected chi connectivity index (χ0v) is 10.9. The van der Waals surface area contributed by atoms with Gasteiger partial charge in [0.1, 0.15) is 11.6 Å². The second-order valence-electron chi connectivity index (χ2n) is 5.44. The molecule has 3 N–H and O–H groups in total. The number of hydrogen-bond acceptors (Lipinski definition) is 3. The molecule has 0 bridgehead atoms. The molecule has 1 aliphatic carbocycles. The van der Waals surface area contributed by atoms with Crippen LogP contribution >= 0.6 is 0 Å². The molecule has 0 atom stereocenters. The van der Waals surface area contributed by atoms with E-state index >= 15 is 0 Å². The van der Waals surface area contributed by atoms with Crippen molar-refractivity contribution in [3.8, 4) is 17.0 Å². The van der Waals surface area contributed by atoms with E-state index in [0.29, 0.717) is 5.82 Å². The molecule has 0 radical (unpaired) electrons. The van der Waals surface area contributed by atoms with E-state index in [0.717, 1.165) is 23.4 Å². The lowest BCUT2D eigenvalue weighted by Crippen LogP contribution is -2.26. The molecule has 1 aromatic heterocycles. The van der Waals surface area contributed by atoms with Gasteiger partial charge in [0, 0.05) is 11.1 Å². The van der Waals surface area contributed by atoms with E-state index < -0.39 is 0 Å². The van der Waals surface area contributed by atoms with Crippen molar-refractivity contribution in [2.45, 2.75) is 25.7 Å². The minimum Gasteiger partial charge on any atom is -0.497 e. The molecule has 0 saturated heterocycles. The summed E-state index contributed by atoms with van der Waals surface area (Å²) in [6.07, 6.45) is 0.941. The number of nitrogens with two attached hydrogens (primary N) is 1. The molecule has 1 aliphatic rings. The summed E-state index contributed by atoms with van der Waals surface area (Å²) in [5.74, 6) is 1.50. The highest BCUT2D eigenvalue weighted by Gasteiger charge is 2.35. The molecule has 94 valence electrons. The second kappa shape index (κ2) is 3.51. The molecule has 2 aromatic rings. The number of anilines is 1. The van der Waals surface area contributed by atoms with Gasteiger partial charge in [0.15, 0.2) is 0 Å². The molecule has 0 saturated carbocycles. The van der Waals surface area contributed by atoms with Crippen LogP contribution in [-0.2, 0) is 11.8 Å². The Bertz CT molecular complexity index is 613. The predicted octanol–water partition coefficient (Wildman–Crippen LogP) is 2.50. The number of hydrogen-bond donors (Lipinski definition) is 2. The van der Waals surface area contributed by atoms with Crippen LogP contribution in [0.4, 0.5) is 5.82 Å². The van der Waals surface area contributed by atoms with Gasteiger partial charge in [0.05, 0.1) is 12.8 Å². The fourth-order valence-electron chi connectivity index (χ4n) is 2.89. The van der Waals surface area contributed by atoms with Gasteiger partial charge in [0.25, 0.3) is 0 Å². The minimum atomic E-state index is -0.00815. The molecular weight excluding hydrogens is 226 g/mol. The van der Waals surface area contributed by atoms with Crippen LogP contribution < -0.4 is 10.5 Å². The maximum atomic E-state index is 5.98. The van der Waals surface area contributed by atoms with Crippen LogP contribution in [0.1, 0.15) is 25.0 Å². The fourth-order valence-corrected chi connectivity index (χ4v) is 2.89. The fraction of sp³-hybridized carbons (Fsp3) is 0.357. The highest BCUT2D eigenvalue weighted by atomic mass is 16.5. The molecule has 0 amide bonds. The Morgan fingerprint density at radius 2 is 2.17 bits per heavy atom. The number of H-pyrrole nitrogens is 1. The number of aromatic nitrogens is 2. The third kappa shape index (κ3) is 1.41. The van der Waals surface area contributed by atoms with Crippen LogP contribution in [0, 0.1) is 0 Å². The standard InChI is InChI=1S/C14H17N3O/c1-14(2)7-8-6-9(18-3)4-5-10(8)12-11(14)13(15)17-16-12/h4-6H,7H2,1-3H3,(H3,15,16,17). The van der Waals surface area contributed by atoms with Crippen LogP contribution in [0.5, 0.6) is 5.75 Å². The van der Waals surface area contributed by atoms with Gasteiger partial charge in [-0.2, -0.15) is 5.10 Å². The Morgan fingerprint density at radius 1 is 1.39 bits per heavy atom. The van der Waals surface area contributed by atoms with Crippen LogP contribution in [0.2, 0.25) is 0 Å². The van der Waals surface area contributed by atoms with Crippen LogP contribution in [0.3, 0.4) is 0 Å². The molecule has 3 rings (SSSR count). The summed E-state index contributed by atoms with van der Waals surface area (Å²) < 4.78 is 5.29. The number of ether oxygens (including phenoxy) is 1. The van der Waals surface area contributed by atoms with Crippen LogP contribution in [0.15, 0.2) is 18.2 Å². The normalized spacial score (nSPS) is 15.9. The number of nitrogens with zero attached hydrogens (tertiary/aromatic N) is 1. The topological polar surface area (TPSA) is 63.9 Å². The average molecular weight is 243 g/mol. The lowest BCUT2D eigenvalue weighted by molar-refractivity contribution is 0.413. The van der Waals surface area contributed by atoms with Crippen molar-refractivity contribution < 1.29 is 4.74 Å². The molecule has 0 spiro atoms. The second-order valence-corrected chi connectivity index (χ2v) is 5.44. The van der Waals surface area contributed by atoms with Crippen molar-refractivity contribution >= 4 is 5.82 Å². The summed E-state index contributed by atoms with van der Waals surface area (Å²) in [6.45, 7) is 4.39. The Balaban J connectivity index is 2.26.